The first-order chi connectivity index (χ1) is 8.67. The Labute approximate surface area is 114 Å². The summed E-state index contributed by atoms with van der Waals surface area (Å²) < 4.78 is 0. The van der Waals surface area contributed by atoms with E-state index in [0.717, 1.165) is 24.3 Å². The van der Waals surface area contributed by atoms with Gasteiger partial charge in [-0.2, -0.15) is 0 Å². The Balaban J connectivity index is 2.19. The van der Waals surface area contributed by atoms with Gasteiger partial charge in [0.05, 0.1) is 0 Å². The van der Waals surface area contributed by atoms with Crippen molar-refractivity contribution in [2.24, 2.45) is 23.5 Å². The Bertz CT molecular complexity index is 203. The zero-order valence-electron chi connectivity index (χ0n) is 12.8. The topological polar surface area (TPSA) is 29.3 Å². The molecule has 0 aromatic heterocycles. The molecule has 0 bridgehead atoms. The van der Waals surface area contributed by atoms with Gasteiger partial charge in [-0.05, 0) is 69.5 Å². The van der Waals surface area contributed by atoms with Crippen LogP contribution in [0.4, 0.5) is 0 Å². The molecule has 0 radical (unpaired) electrons. The predicted octanol–water partition coefficient (Wildman–Crippen LogP) is 3.51. The summed E-state index contributed by atoms with van der Waals surface area (Å²) in [5.41, 5.74) is 5.71. The summed E-state index contributed by atoms with van der Waals surface area (Å²) >= 11 is 0. The van der Waals surface area contributed by atoms with Crippen molar-refractivity contribution in [1.82, 2.24) is 4.90 Å². The molecule has 1 aliphatic rings. The van der Waals surface area contributed by atoms with E-state index in [1.807, 2.05) is 0 Å². The smallest absolute Gasteiger partial charge is 0.000956 e. The quantitative estimate of drug-likeness (QED) is 0.718. The highest BCUT2D eigenvalue weighted by Crippen LogP contribution is 2.23. The van der Waals surface area contributed by atoms with Crippen molar-refractivity contribution in [3.8, 4) is 0 Å². The number of likely N-dealkylation sites (tertiary alicyclic amines) is 1. The van der Waals surface area contributed by atoms with Crippen LogP contribution in [-0.4, -0.2) is 31.1 Å². The Morgan fingerprint density at radius 2 is 2.06 bits per heavy atom. The molecule has 0 aromatic carbocycles. The number of hydrogen-bond acceptors (Lipinski definition) is 2. The summed E-state index contributed by atoms with van der Waals surface area (Å²) in [6.07, 6.45) is 8.15. The van der Waals surface area contributed by atoms with Crippen LogP contribution in [0.15, 0.2) is 0 Å². The van der Waals surface area contributed by atoms with Gasteiger partial charge in [-0.15, -0.1) is 0 Å². The van der Waals surface area contributed by atoms with Crippen LogP contribution < -0.4 is 5.73 Å². The highest BCUT2D eigenvalue weighted by molar-refractivity contribution is 4.73. The van der Waals surface area contributed by atoms with Crippen LogP contribution in [0.25, 0.3) is 0 Å². The first-order valence-electron chi connectivity index (χ1n) is 8.09. The number of nitrogens with zero attached hydrogens (tertiary/aromatic N) is 1. The summed E-state index contributed by atoms with van der Waals surface area (Å²) in [5.74, 6) is 2.59. The molecule has 1 saturated heterocycles. The van der Waals surface area contributed by atoms with E-state index in [1.54, 1.807) is 0 Å². The molecular weight excluding hydrogens is 220 g/mol. The molecular formula is C16H34N2. The molecule has 2 N–H and O–H groups in total. The molecule has 1 rings (SSSR count). The third kappa shape index (κ3) is 5.71. The van der Waals surface area contributed by atoms with Crippen molar-refractivity contribution < 1.29 is 0 Å². The van der Waals surface area contributed by atoms with E-state index in [1.165, 1.54) is 58.2 Å². The van der Waals surface area contributed by atoms with Crippen molar-refractivity contribution in [2.45, 2.75) is 59.3 Å². The summed E-state index contributed by atoms with van der Waals surface area (Å²) in [7, 11) is 0. The first-order valence-corrected chi connectivity index (χ1v) is 8.09. The summed E-state index contributed by atoms with van der Waals surface area (Å²) in [5, 5.41) is 0. The fourth-order valence-electron chi connectivity index (χ4n) is 3.29. The Hall–Kier alpha value is -0.0800. The minimum atomic E-state index is 0.790. The highest BCUT2D eigenvalue weighted by Gasteiger charge is 2.18. The second-order valence-corrected chi connectivity index (χ2v) is 6.44. The lowest BCUT2D eigenvalue weighted by Crippen LogP contribution is -2.36. The van der Waals surface area contributed by atoms with Gasteiger partial charge in [0.1, 0.15) is 0 Å². The van der Waals surface area contributed by atoms with Crippen molar-refractivity contribution in [2.75, 3.05) is 26.2 Å². The second kappa shape index (κ2) is 8.92. The van der Waals surface area contributed by atoms with Gasteiger partial charge in [0.25, 0.3) is 0 Å². The Kier molecular flexibility index (Phi) is 7.92. The van der Waals surface area contributed by atoms with Crippen molar-refractivity contribution in [3.05, 3.63) is 0 Å². The maximum absolute atomic E-state index is 5.71. The average molecular weight is 254 g/mol. The fourth-order valence-corrected chi connectivity index (χ4v) is 3.29. The van der Waals surface area contributed by atoms with Gasteiger partial charge in [-0.25, -0.2) is 0 Å². The fraction of sp³-hybridized carbons (Fsp3) is 1.00. The maximum Gasteiger partial charge on any atom is 0.000956 e. The van der Waals surface area contributed by atoms with Crippen molar-refractivity contribution in [3.63, 3.8) is 0 Å². The molecule has 108 valence electrons. The molecule has 1 aliphatic heterocycles. The Morgan fingerprint density at radius 3 is 2.67 bits per heavy atom. The predicted molar refractivity (Wildman–Crippen MR) is 80.7 cm³/mol. The van der Waals surface area contributed by atoms with Crippen LogP contribution in [-0.2, 0) is 0 Å². The molecule has 2 nitrogen and oxygen atoms in total. The molecule has 1 heterocycles. The van der Waals surface area contributed by atoms with Gasteiger partial charge in [0.2, 0.25) is 0 Å². The van der Waals surface area contributed by atoms with E-state index in [9.17, 15) is 0 Å². The van der Waals surface area contributed by atoms with Gasteiger partial charge < -0.3 is 10.6 Å². The lowest BCUT2D eigenvalue weighted by Gasteiger charge is -2.32. The number of nitrogens with two attached hydrogens (primary N) is 1. The number of piperidine rings is 1. The largest absolute Gasteiger partial charge is 0.330 e. The van der Waals surface area contributed by atoms with E-state index >= 15 is 0 Å². The van der Waals surface area contributed by atoms with Crippen molar-refractivity contribution >= 4 is 0 Å². The Morgan fingerprint density at radius 1 is 1.28 bits per heavy atom. The molecule has 2 heteroatoms. The van der Waals surface area contributed by atoms with Gasteiger partial charge in [0, 0.05) is 6.54 Å². The number of rotatable bonds is 8. The molecule has 0 saturated carbocycles. The van der Waals surface area contributed by atoms with Crippen LogP contribution >= 0.6 is 0 Å². The zero-order valence-corrected chi connectivity index (χ0v) is 12.8. The molecule has 0 aromatic rings. The molecule has 1 fully saturated rings. The van der Waals surface area contributed by atoms with Crippen LogP contribution in [0.3, 0.4) is 0 Å². The lowest BCUT2D eigenvalue weighted by molar-refractivity contribution is 0.164. The first kappa shape index (κ1) is 16.0. The second-order valence-electron chi connectivity index (χ2n) is 6.44. The molecule has 2 unspecified atom stereocenters. The normalized spacial score (nSPS) is 23.5. The van der Waals surface area contributed by atoms with Crippen molar-refractivity contribution in [1.29, 1.82) is 0 Å². The molecule has 0 spiro atoms. The number of hydrogen-bond donors (Lipinski definition) is 1. The minimum Gasteiger partial charge on any atom is -0.330 e. The standard InChI is InChI=1S/C16H34N2/c1-4-15-7-5-11-18(13-15)12-6-8-16(9-10-17)14(2)3/h14-16H,4-13,17H2,1-3H3. The summed E-state index contributed by atoms with van der Waals surface area (Å²) in [6.45, 7) is 11.9. The minimum absolute atomic E-state index is 0.790. The van der Waals surface area contributed by atoms with E-state index < -0.39 is 0 Å². The summed E-state index contributed by atoms with van der Waals surface area (Å²) in [4.78, 5) is 2.69. The monoisotopic (exact) mass is 254 g/mol. The zero-order chi connectivity index (χ0) is 13.4. The van der Waals surface area contributed by atoms with E-state index in [0.29, 0.717) is 0 Å². The average Bonchev–Trinajstić information content (AvgIpc) is 2.38. The van der Waals surface area contributed by atoms with E-state index in [-0.39, 0.29) is 0 Å². The van der Waals surface area contributed by atoms with Gasteiger partial charge >= 0.3 is 0 Å². The molecule has 2 atom stereocenters. The van der Waals surface area contributed by atoms with Gasteiger partial charge in [0.15, 0.2) is 0 Å². The van der Waals surface area contributed by atoms with E-state index in [4.69, 9.17) is 5.73 Å². The third-order valence-electron chi connectivity index (χ3n) is 4.71. The van der Waals surface area contributed by atoms with Gasteiger partial charge in [-0.3, -0.25) is 0 Å². The van der Waals surface area contributed by atoms with Crippen LogP contribution in [0.5, 0.6) is 0 Å². The van der Waals surface area contributed by atoms with Gasteiger partial charge in [-0.1, -0.05) is 27.2 Å². The molecule has 0 aliphatic carbocycles. The summed E-state index contributed by atoms with van der Waals surface area (Å²) in [6, 6.07) is 0. The van der Waals surface area contributed by atoms with Crippen LogP contribution in [0.2, 0.25) is 0 Å². The molecule has 18 heavy (non-hydrogen) atoms. The third-order valence-corrected chi connectivity index (χ3v) is 4.71. The highest BCUT2D eigenvalue weighted by atomic mass is 15.1. The van der Waals surface area contributed by atoms with E-state index in [2.05, 4.69) is 25.7 Å². The maximum atomic E-state index is 5.71. The van der Waals surface area contributed by atoms with Crippen LogP contribution in [0, 0.1) is 17.8 Å². The van der Waals surface area contributed by atoms with Crippen LogP contribution in [0.1, 0.15) is 59.3 Å². The molecule has 0 amide bonds. The SMILES string of the molecule is CCC1CCCN(CCCC(CCN)C(C)C)C1. The lowest BCUT2D eigenvalue weighted by atomic mass is 9.88.